The molecule has 0 rings (SSSR count). The summed E-state index contributed by atoms with van der Waals surface area (Å²) in [5, 5.41) is 0. The smallest absolute Gasteiger partial charge is 0.00773 e. The minimum atomic E-state index is 0.646. The van der Waals surface area contributed by atoms with Crippen molar-refractivity contribution in [2.24, 2.45) is 17.6 Å². The van der Waals surface area contributed by atoms with Crippen molar-refractivity contribution in [3.05, 3.63) is 24.8 Å². The third-order valence-electron chi connectivity index (χ3n) is 3.23. The maximum Gasteiger partial charge on any atom is -0.00773 e. The molecule has 0 aliphatic heterocycles. The van der Waals surface area contributed by atoms with Crippen LogP contribution < -0.4 is 5.73 Å². The quantitative estimate of drug-likeness (QED) is 0.409. The van der Waals surface area contributed by atoms with Gasteiger partial charge in [0.2, 0.25) is 0 Å². The molecule has 0 aromatic heterocycles. The molecule has 0 aromatic rings. The second-order valence-electron chi connectivity index (χ2n) is 5.25. The van der Waals surface area contributed by atoms with Gasteiger partial charge < -0.3 is 5.73 Å². The highest BCUT2D eigenvalue weighted by atomic mass is 14.5. The maximum atomic E-state index is 5.48. The van der Waals surface area contributed by atoms with Gasteiger partial charge in [-0.15, -0.1) is 6.58 Å². The van der Waals surface area contributed by atoms with E-state index >= 15 is 0 Å². The zero-order chi connectivity index (χ0) is 12.9. The summed E-state index contributed by atoms with van der Waals surface area (Å²) in [4.78, 5) is 0. The Morgan fingerprint density at radius 1 is 1.12 bits per heavy atom. The van der Waals surface area contributed by atoms with Gasteiger partial charge in [-0.3, -0.25) is 0 Å². The van der Waals surface area contributed by atoms with Crippen molar-refractivity contribution in [1.29, 1.82) is 0 Å². The Bertz CT molecular complexity index is 196. The first-order valence-electron chi connectivity index (χ1n) is 7.18. The Hall–Kier alpha value is -0.560. The Kier molecular flexibility index (Phi) is 11.5. The summed E-state index contributed by atoms with van der Waals surface area (Å²) < 4.78 is 0. The number of hydrogen-bond acceptors (Lipinski definition) is 1. The lowest BCUT2D eigenvalue weighted by Gasteiger charge is -2.09. The molecule has 2 N–H and O–H groups in total. The van der Waals surface area contributed by atoms with Crippen molar-refractivity contribution >= 4 is 0 Å². The molecule has 0 radical (unpaired) electrons. The lowest BCUT2D eigenvalue weighted by atomic mass is 9.97. The summed E-state index contributed by atoms with van der Waals surface area (Å²) >= 11 is 0. The first-order chi connectivity index (χ1) is 8.20. The molecule has 100 valence electrons. The Morgan fingerprint density at radius 2 is 1.88 bits per heavy atom. The van der Waals surface area contributed by atoms with E-state index in [1.165, 1.54) is 38.5 Å². The molecular formula is C16H31N. The van der Waals surface area contributed by atoms with Gasteiger partial charge in [-0.2, -0.15) is 0 Å². The van der Waals surface area contributed by atoms with Gasteiger partial charge >= 0.3 is 0 Å². The third kappa shape index (κ3) is 11.7. The lowest BCUT2D eigenvalue weighted by molar-refractivity contribution is 0.465. The van der Waals surface area contributed by atoms with Crippen LogP contribution in [-0.2, 0) is 0 Å². The largest absolute Gasteiger partial charge is 0.330 e. The standard InChI is InChI=1S/C16H31N/c1-4-10-15(2)12-7-8-13-16(3)11-6-5-9-14-17/h4,7,12,15-16H,1,5-6,8-11,13-14,17H2,2-3H3/b12-7-/t15?,16-/m0/s1. The van der Waals surface area contributed by atoms with Gasteiger partial charge in [0.15, 0.2) is 0 Å². The summed E-state index contributed by atoms with van der Waals surface area (Å²) in [6, 6.07) is 0. The summed E-state index contributed by atoms with van der Waals surface area (Å²) in [6.07, 6.45) is 15.5. The molecular weight excluding hydrogens is 206 g/mol. The first-order valence-corrected chi connectivity index (χ1v) is 7.18. The average molecular weight is 237 g/mol. The number of hydrogen-bond donors (Lipinski definition) is 1. The predicted molar refractivity (Wildman–Crippen MR) is 79.0 cm³/mol. The second kappa shape index (κ2) is 11.9. The van der Waals surface area contributed by atoms with E-state index < -0.39 is 0 Å². The van der Waals surface area contributed by atoms with E-state index in [2.05, 4.69) is 32.6 Å². The zero-order valence-electron chi connectivity index (χ0n) is 11.8. The maximum absolute atomic E-state index is 5.48. The van der Waals surface area contributed by atoms with Crippen LogP contribution in [0.5, 0.6) is 0 Å². The topological polar surface area (TPSA) is 26.0 Å². The van der Waals surface area contributed by atoms with Crippen LogP contribution >= 0.6 is 0 Å². The third-order valence-corrected chi connectivity index (χ3v) is 3.23. The molecule has 0 aromatic carbocycles. The van der Waals surface area contributed by atoms with Crippen molar-refractivity contribution in [3.8, 4) is 0 Å². The van der Waals surface area contributed by atoms with Crippen LogP contribution in [0.2, 0.25) is 0 Å². The molecule has 1 unspecified atom stereocenters. The summed E-state index contributed by atoms with van der Waals surface area (Å²) in [5.74, 6) is 1.50. The van der Waals surface area contributed by atoms with Crippen LogP contribution in [0, 0.1) is 11.8 Å². The van der Waals surface area contributed by atoms with Crippen molar-refractivity contribution in [2.75, 3.05) is 6.54 Å². The van der Waals surface area contributed by atoms with E-state index in [9.17, 15) is 0 Å². The summed E-state index contributed by atoms with van der Waals surface area (Å²) in [5.41, 5.74) is 5.48. The van der Waals surface area contributed by atoms with Gasteiger partial charge in [0.05, 0.1) is 0 Å². The molecule has 0 aliphatic rings. The van der Waals surface area contributed by atoms with Crippen LogP contribution in [-0.4, -0.2) is 6.54 Å². The Morgan fingerprint density at radius 3 is 2.53 bits per heavy atom. The monoisotopic (exact) mass is 237 g/mol. The number of rotatable bonds is 11. The highest BCUT2D eigenvalue weighted by Crippen LogP contribution is 2.15. The van der Waals surface area contributed by atoms with Crippen LogP contribution in [0.25, 0.3) is 0 Å². The number of unbranched alkanes of at least 4 members (excludes halogenated alkanes) is 2. The predicted octanol–water partition coefficient (Wildman–Crippen LogP) is 4.69. The fourth-order valence-corrected chi connectivity index (χ4v) is 2.01. The zero-order valence-corrected chi connectivity index (χ0v) is 11.8. The molecule has 0 spiro atoms. The molecule has 0 amide bonds. The molecule has 2 atom stereocenters. The number of nitrogens with two attached hydrogens (primary N) is 1. The second-order valence-corrected chi connectivity index (χ2v) is 5.25. The van der Waals surface area contributed by atoms with E-state index in [-0.39, 0.29) is 0 Å². The minimum absolute atomic E-state index is 0.646. The summed E-state index contributed by atoms with van der Waals surface area (Å²) in [7, 11) is 0. The molecule has 1 nitrogen and oxygen atoms in total. The van der Waals surface area contributed by atoms with Gasteiger partial charge in [0.25, 0.3) is 0 Å². The first kappa shape index (κ1) is 16.4. The van der Waals surface area contributed by atoms with Gasteiger partial charge in [-0.05, 0) is 44.1 Å². The molecule has 0 aliphatic carbocycles. The summed E-state index contributed by atoms with van der Waals surface area (Å²) in [6.45, 7) is 9.22. The highest BCUT2D eigenvalue weighted by molar-refractivity contribution is 4.89. The number of allylic oxidation sites excluding steroid dienone is 3. The van der Waals surface area contributed by atoms with Crippen LogP contribution in [0.4, 0.5) is 0 Å². The van der Waals surface area contributed by atoms with Crippen LogP contribution in [0.3, 0.4) is 0 Å². The molecule has 0 fully saturated rings. The van der Waals surface area contributed by atoms with Crippen molar-refractivity contribution in [1.82, 2.24) is 0 Å². The minimum Gasteiger partial charge on any atom is -0.330 e. The van der Waals surface area contributed by atoms with Crippen molar-refractivity contribution in [3.63, 3.8) is 0 Å². The van der Waals surface area contributed by atoms with Gasteiger partial charge in [0.1, 0.15) is 0 Å². The van der Waals surface area contributed by atoms with Gasteiger partial charge in [-0.1, -0.05) is 51.3 Å². The molecule has 0 bridgehead atoms. The van der Waals surface area contributed by atoms with Crippen LogP contribution in [0.15, 0.2) is 24.8 Å². The van der Waals surface area contributed by atoms with Crippen LogP contribution in [0.1, 0.15) is 58.8 Å². The van der Waals surface area contributed by atoms with E-state index in [1.54, 1.807) is 0 Å². The molecule has 0 saturated carbocycles. The van der Waals surface area contributed by atoms with Gasteiger partial charge in [-0.25, -0.2) is 0 Å². The SMILES string of the molecule is C=CCC(C)/C=C\CC[C@@H](C)CCCCCN. The van der Waals surface area contributed by atoms with Crippen molar-refractivity contribution < 1.29 is 0 Å². The molecule has 0 heterocycles. The van der Waals surface area contributed by atoms with E-state index in [0.29, 0.717) is 5.92 Å². The lowest BCUT2D eigenvalue weighted by Crippen LogP contribution is -1.99. The fourth-order valence-electron chi connectivity index (χ4n) is 2.01. The van der Waals surface area contributed by atoms with Gasteiger partial charge in [0, 0.05) is 0 Å². The molecule has 1 heteroatoms. The van der Waals surface area contributed by atoms with E-state index in [4.69, 9.17) is 5.73 Å². The Balaban J connectivity index is 3.43. The Labute approximate surface area is 108 Å². The van der Waals surface area contributed by atoms with E-state index in [0.717, 1.165) is 18.9 Å². The molecule has 0 saturated heterocycles. The molecule has 17 heavy (non-hydrogen) atoms. The normalized spacial score (nSPS) is 15.0. The highest BCUT2D eigenvalue weighted by Gasteiger charge is 2.00. The fraction of sp³-hybridized carbons (Fsp3) is 0.750. The average Bonchev–Trinajstić information content (AvgIpc) is 2.31. The van der Waals surface area contributed by atoms with Crippen molar-refractivity contribution in [2.45, 2.75) is 58.8 Å². The van der Waals surface area contributed by atoms with E-state index in [1.807, 2.05) is 6.08 Å².